The number of amides is 1. The summed E-state index contributed by atoms with van der Waals surface area (Å²) >= 11 is 0. The number of fused-ring (bicyclic) bond motifs is 1. The number of carbonyl (C=O) groups excluding carboxylic acids is 1. The summed E-state index contributed by atoms with van der Waals surface area (Å²) in [5.74, 6) is 2.14. The summed E-state index contributed by atoms with van der Waals surface area (Å²) in [5, 5.41) is 15.0. The minimum absolute atomic E-state index is 0.0641. The van der Waals surface area contributed by atoms with Gasteiger partial charge in [0.05, 0.1) is 20.3 Å². The van der Waals surface area contributed by atoms with Gasteiger partial charge in [-0.05, 0) is 29.5 Å². The van der Waals surface area contributed by atoms with Crippen molar-refractivity contribution in [3.63, 3.8) is 0 Å². The molecule has 1 aromatic heterocycles. The zero-order chi connectivity index (χ0) is 19.3. The summed E-state index contributed by atoms with van der Waals surface area (Å²) in [6, 6.07) is 12.6. The van der Waals surface area contributed by atoms with Gasteiger partial charge in [0.25, 0.3) is 0 Å². The summed E-state index contributed by atoms with van der Waals surface area (Å²) in [4.78, 5) is 13.6. The first kappa shape index (κ1) is 17.8. The van der Waals surface area contributed by atoms with Crippen molar-refractivity contribution < 1.29 is 19.0 Å². The molecule has 2 aromatic carbocycles. The van der Waals surface area contributed by atoms with Gasteiger partial charge in [0.15, 0.2) is 11.5 Å². The van der Waals surface area contributed by atoms with Crippen molar-refractivity contribution >= 4 is 11.6 Å². The van der Waals surface area contributed by atoms with Crippen LogP contribution in [-0.2, 0) is 11.3 Å². The molecule has 0 unspecified atom stereocenters. The van der Waals surface area contributed by atoms with Gasteiger partial charge in [0.1, 0.15) is 12.3 Å². The highest BCUT2D eigenvalue weighted by Gasteiger charge is 2.13. The molecule has 1 N–H and O–H groups in total. The third-order valence-electron chi connectivity index (χ3n) is 4.10. The number of anilines is 1. The first-order chi connectivity index (χ1) is 13.7. The lowest BCUT2D eigenvalue weighted by Gasteiger charge is -2.10. The Kier molecular flexibility index (Phi) is 5.05. The smallest absolute Gasteiger partial charge is 0.248 e. The first-order valence-corrected chi connectivity index (χ1v) is 8.83. The Morgan fingerprint density at radius 1 is 1.18 bits per heavy atom. The summed E-state index contributed by atoms with van der Waals surface area (Å²) < 4.78 is 16.4. The van der Waals surface area contributed by atoms with Gasteiger partial charge in [-0.3, -0.25) is 4.79 Å². The third-order valence-corrected chi connectivity index (χ3v) is 4.10. The maximum atomic E-state index is 12.3. The number of carbonyl (C=O) groups is 1. The van der Waals surface area contributed by atoms with Crippen LogP contribution in [0.4, 0.5) is 5.69 Å². The van der Waals surface area contributed by atoms with Crippen LogP contribution >= 0.6 is 0 Å². The molecular formula is C19H19N5O4. The topological polar surface area (TPSA) is 100 Å². The van der Waals surface area contributed by atoms with Gasteiger partial charge in [-0.1, -0.05) is 12.1 Å². The third kappa shape index (κ3) is 4.03. The Morgan fingerprint density at radius 3 is 2.89 bits per heavy atom. The molecule has 0 saturated heterocycles. The molecule has 1 aliphatic heterocycles. The molecule has 0 spiro atoms. The molecule has 9 heteroatoms. The number of tetrazole rings is 1. The van der Waals surface area contributed by atoms with Gasteiger partial charge in [-0.25, -0.2) is 0 Å². The van der Waals surface area contributed by atoms with Gasteiger partial charge in [0.2, 0.25) is 11.7 Å². The van der Waals surface area contributed by atoms with Crippen molar-refractivity contribution in [3.05, 3.63) is 42.5 Å². The predicted octanol–water partition coefficient (Wildman–Crippen LogP) is 2.15. The standard InChI is InChI=1S/C19H19N5O4/c1-26-15-5-2-4-13(10-15)19-21-23-24(22-19)12-18(25)20-14-6-7-16-17(11-14)28-9-3-8-27-16/h2,4-7,10-11H,3,8-9,12H2,1H3,(H,20,25). The molecule has 4 rings (SSSR count). The molecular weight excluding hydrogens is 362 g/mol. The quantitative estimate of drug-likeness (QED) is 0.723. The highest BCUT2D eigenvalue weighted by molar-refractivity contribution is 5.90. The average Bonchev–Trinajstić information content (AvgIpc) is 3.04. The van der Waals surface area contributed by atoms with Crippen LogP contribution in [-0.4, -0.2) is 46.4 Å². The van der Waals surface area contributed by atoms with Crippen LogP contribution in [0.2, 0.25) is 0 Å². The van der Waals surface area contributed by atoms with Crippen LogP contribution < -0.4 is 19.5 Å². The van der Waals surface area contributed by atoms with E-state index in [9.17, 15) is 4.79 Å². The largest absolute Gasteiger partial charge is 0.497 e. The number of rotatable bonds is 5. The second kappa shape index (κ2) is 7.95. The number of aromatic nitrogens is 4. The summed E-state index contributed by atoms with van der Waals surface area (Å²) in [5.41, 5.74) is 1.37. The Labute approximate surface area is 161 Å². The van der Waals surface area contributed by atoms with Gasteiger partial charge >= 0.3 is 0 Å². The van der Waals surface area contributed by atoms with Gasteiger partial charge < -0.3 is 19.5 Å². The van der Waals surface area contributed by atoms with E-state index >= 15 is 0 Å². The summed E-state index contributed by atoms with van der Waals surface area (Å²) in [6.07, 6.45) is 0.823. The van der Waals surface area contributed by atoms with E-state index in [1.54, 1.807) is 31.4 Å². The molecule has 0 radical (unpaired) electrons. The van der Waals surface area contributed by atoms with Crippen molar-refractivity contribution in [3.8, 4) is 28.6 Å². The van der Waals surface area contributed by atoms with Crippen molar-refractivity contribution in [2.24, 2.45) is 0 Å². The van der Waals surface area contributed by atoms with Crippen molar-refractivity contribution in [2.75, 3.05) is 25.6 Å². The fraction of sp³-hybridized carbons (Fsp3) is 0.263. The van der Waals surface area contributed by atoms with Crippen molar-refractivity contribution in [1.82, 2.24) is 20.2 Å². The Bertz CT molecular complexity index is 988. The Balaban J connectivity index is 1.42. The van der Waals surface area contributed by atoms with Crippen LogP contribution in [0.3, 0.4) is 0 Å². The minimum atomic E-state index is -0.274. The van der Waals surface area contributed by atoms with E-state index in [-0.39, 0.29) is 12.5 Å². The average molecular weight is 381 g/mol. The van der Waals surface area contributed by atoms with Crippen molar-refractivity contribution in [2.45, 2.75) is 13.0 Å². The maximum Gasteiger partial charge on any atom is 0.248 e. The molecule has 0 atom stereocenters. The van der Waals surface area contributed by atoms with Crippen LogP contribution in [0, 0.1) is 0 Å². The number of benzene rings is 2. The van der Waals surface area contributed by atoms with Crippen LogP contribution in [0.5, 0.6) is 17.2 Å². The highest BCUT2D eigenvalue weighted by atomic mass is 16.5. The van der Waals surface area contributed by atoms with E-state index < -0.39 is 0 Å². The molecule has 1 aliphatic rings. The minimum Gasteiger partial charge on any atom is -0.497 e. The number of nitrogens with zero attached hydrogens (tertiary/aromatic N) is 4. The highest BCUT2D eigenvalue weighted by Crippen LogP contribution is 2.32. The van der Waals surface area contributed by atoms with E-state index in [1.807, 2.05) is 18.2 Å². The lowest BCUT2D eigenvalue weighted by atomic mass is 10.2. The molecule has 3 aromatic rings. The van der Waals surface area contributed by atoms with Crippen LogP contribution in [0.1, 0.15) is 6.42 Å². The number of nitrogens with one attached hydrogen (secondary N) is 1. The Morgan fingerprint density at radius 2 is 2.04 bits per heavy atom. The first-order valence-electron chi connectivity index (χ1n) is 8.83. The molecule has 0 bridgehead atoms. The number of methoxy groups -OCH3 is 1. The van der Waals surface area contributed by atoms with Gasteiger partial charge in [0, 0.05) is 23.7 Å². The predicted molar refractivity (Wildman–Crippen MR) is 100 cm³/mol. The second-order valence-corrected chi connectivity index (χ2v) is 6.14. The van der Waals surface area contributed by atoms with Crippen LogP contribution in [0.25, 0.3) is 11.4 Å². The van der Waals surface area contributed by atoms with E-state index in [0.717, 1.165) is 12.0 Å². The van der Waals surface area contributed by atoms with Crippen molar-refractivity contribution in [1.29, 1.82) is 0 Å². The maximum absolute atomic E-state index is 12.3. The molecule has 0 fully saturated rings. The van der Waals surface area contributed by atoms with E-state index in [0.29, 0.717) is 42.0 Å². The van der Waals surface area contributed by atoms with E-state index in [1.165, 1.54) is 4.80 Å². The number of hydrogen-bond donors (Lipinski definition) is 1. The van der Waals surface area contributed by atoms with E-state index in [4.69, 9.17) is 14.2 Å². The summed E-state index contributed by atoms with van der Waals surface area (Å²) in [6.45, 7) is 1.14. The molecule has 28 heavy (non-hydrogen) atoms. The molecule has 9 nitrogen and oxygen atoms in total. The molecule has 2 heterocycles. The Hall–Kier alpha value is -3.62. The second-order valence-electron chi connectivity index (χ2n) is 6.14. The molecule has 1 amide bonds. The van der Waals surface area contributed by atoms with E-state index in [2.05, 4.69) is 20.7 Å². The van der Waals surface area contributed by atoms with Crippen LogP contribution in [0.15, 0.2) is 42.5 Å². The fourth-order valence-electron chi connectivity index (χ4n) is 2.76. The fourth-order valence-corrected chi connectivity index (χ4v) is 2.76. The monoisotopic (exact) mass is 381 g/mol. The number of ether oxygens (including phenoxy) is 3. The normalized spacial score (nSPS) is 12.9. The molecule has 144 valence electrons. The zero-order valence-corrected chi connectivity index (χ0v) is 15.3. The lowest BCUT2D eigenvalue weighted by Crippen LogP contribution is -2.20. The summed E-state index contributed by atoms with van der Waals surface area (Å²) in [7, 11) is 1.59. The molecule has 0 aliphatic carbocycles. The molecule has 0 saturated carbocycles. The lowest BCUT2D eigenvalue weighted by molar-refractivity contribution is -0.117. The zero-order valence-electron chi connectivity index (χ0n) is 15.3. The van der Waals surface area contributed by atoms with Gasteiger partial charge in [-0.2, -0.15) is 4.80 Å². The SMILES string of the molecule is COc1cccc(-c2nnn(CC(=O)Nc3ccc4c(c3)OCCCO4)n2)c1. The number of hydrogen-bond acceptors (Lipinski definition) is 7. The van der Waals surface area contributed by atoms with Gasteiger partial charge in [-0.15, -0.1) is 10.2 Å².